The summed E-state index contributed by atoms with van der Waals surface area (Å²) in [5, 5.41) is 8.95. The molecule has 0 spiro atoms. The molecule has 102 valence electrons. The Bertz CT molecular complexity index is 328. The lowest BCUT2D eigenvalue weighted by Crippen LogP contribution is -2.46. The van der Waals surface area contributed by atoms with Crippen LogP contribution in [0.3, 0.4) is 0 Å². The minimum Gasteiger partial charge on any atom is -0.480 e. The SMILES string of the molecule is CCOCCS(=O)(=O)N[C@H](C(=O)O)C(C)CC. The van der Waals surface area contributed by atoms with E-state index in [0.717, 1.165) is 0 Å². The monoisotopic (exact) mass is 267 g/mol. The first-order valence-electron chi connectivity index (χ1n) is 5.64. The third kappa shape index (κ3) is 6.60. The molecule has 0 heterocycles. The maximum Gasteiger partial charge on any atom is 0.322 e. The number of aliphatic carboxylic acids is 1. The van der Waals surface area contributed by atoms with Crippen LogP contribution in [0.25, 0.3) is 0 Å². The van der Waals surface area contributed by atoms with Crippen molar-refractivity contribution in [1.29, 1.82) is 0 Å². The number of carboxylic acids is 1. The van der Waals surface area contributed by atoms with Crippen LogP contribution in [0.2, 0.25) is 0 Å². The molecule has 2 N–H and O–H groups in total. The van der Waals surface area contributed by atoms with Gasteiger partial charge in [0.25, 0.3) is 0 Å². The highest BCUT2D eigenvalue weighted by Crippen LogP contribution is 2.09. The second kappa shape index (κ2) is 7.62. The van der Waals surface area contributed by atoms with E-state index >= 15 is 0 Å². The zero-order chi connectivity index (χ0) is 13.5. The Morgan fingerprint density at radius 1 is 1.41 bits per heavy atom. The van der Waals surface area contributed by atoms with E-state index in [2.05, 4.69) is 4.72 Å². The second-order valence-electron chi connectivity index (χ2n) is 3.84. The molecule has 0 radical (unpaired) electrons. The van der Waals surface area contributed by atoms with E-state index < -0.39 is 22.0 Å². The fourth-order valence-corrected chi connectivity index (χ4v) is 2.39. The molecule has 6 nitrogen and oxygen atoms in total. The number of sulfonamides is 1. The topological polar surface area (TPSA) is 92.7 Å². The van der Waals surface area contributed by atoms with Crippen molar-refractivity contribution < 1.29 is 23.1 Å². The van der Waals surface area contributed by atoms with Crippen molar-refractivity contribution in [2.75, 3.05) is 19.0 Å². The van der Waals surface area contributed by atoms with Crippen LogP contribution in [0, 0.1) is 5.92 Å². The van der Waals surface area contributed by atoms with Gasteiger partial charge in [0.05, 0.1) is 12.4 Å². The molecule has 0 amide bonds. The van der Waals surface area contributed by atoms with Crippen molar-refractivity contribution in [2.45, 2.75) is 33.2 Å². The first-order chi connectivity index (χ1) is 7.84. The predicted octanol–water partition coefficient (Wildman–Crippen LogP) is 0.442. The summed E-state index contributed by atoms with van der Waals surface area (Å²) in [5.41, 5.74) is 0. The number of nitrogens with one attached hydrogen (secondary N) is 1. The number of hydrogen-bond donors (Lipinski definition) is 2. The average Bonchev–Trinajstić information content (AvgIpc) is 2.25. The van der Waals surface area contributed by atoms with Crippen LogP contribution in [0.5, 0.6) is 0 Å². The van der Waals surface area contributed by atoms with Crippen LogP contribution in [-0.2, 0) is 19.6 Å². The van der Waals surface area contributed by atoms with Gasteiger partial charge in [-0.05, 0) is 12.8 Å². The van der Waals surface area contributed by atoms with Gasteiger partial charge < -0.3 is 9.84 Å². The fraction of sp³-hybridized carbons (Fsp3) is 0.900. The Labute approximate surface area is 102 Å². The molecule has 0 aliphatic rings. The molecule has 0 aromatic carbocycles. The lowest BCUT2D eigenvalue weighted by atomic mass is 10.0. The lowest BCUT2D eigenvalue weighted by molar-refractivity contribution is -0.140. The van der Waals surface area contributed by atoms with E-state index in [1.807, 2.05) is 6.92 Å². The van der Waals surface area contributed by atoms with Crippen molar-refractivity contribution in [1.82, 2.24) is 4.72 Å². The largest absolute Gasteiger partial charge is 0.480 e. The van der Waals surface area contributed by atoms with Gasteiger partial charge in [0.2, 0.25) is 10.0 Å². The van der Waals surface area contributed by atoms with Crippen molar-refractivity contribution in [3.05, 3.63) is 0 Å². The van der Waals surface area contributed by atoms with Crippen molar-refractivity contribution in [2.24, 2.45) is 5.92 Å². The lowest BCUT2D eigenvalue weighted by Gasteiger charge is -2.19. The summed E-state index contributed by atoms with van der Waals surface area (Å²) in [4.78, 5) is 10.9. The van der Waals surface area contributed by atoms with E-state index in [-0.39, 0.29) is 18.3 Å². The van der Waals surface area contributed by atoms with Gasteiger partial charge >= 0.3 is 5.97 Å². The highest BCUT2D eigenvalue weighted by Gasteiger charge is 2.28. The van der Waals surface area contributed by atoms with Gasteiger partial charge in [0.15, 0.2) is 0 Å². The second-order valence-corrected chi connectivity index (χ2v) is 5.71. The summed E-state index contributed by atoms with van der Waals surface area (Å²) in [6.45, 7) is 5.78. The normalized spacial score (nSPS) is 15.5. The molecular weight excluding hydrogens is 246 g/mol. The van der Waals surface area contributed by atoms with Crippen molar-refractivity contribution in [3.63, 3.8) is 0 Å². The van der Waals surface area contributed by atoms with Gasteiger partial charge in [0.1, 0.15) is 6.04 Å². The average molecular weight is 267 g/mol. The minimum atomic E-state index is -3.61. The third-order valence-electron chi connectivity index (χ3n) is 2.49. The van der Waals surface area contributed by atoms with E-state index in [1.54, 1.807) is 13.8 Å². The maximum absolute atomic E-state index is 11.6. The highest BCUT2D eigenvalue weighted by molar-refractivity contribution is 7.89. The standard InChI is InChI=1S/C10H21NO5S/c1-4-8(3)9(10(12)13)11-17(14,15)7-6-16-5-2/h8-9,11H,4-7H2,1-3H3,(H,12,13)/t8?,9-/m0/s1. The molecule has 0 aromatic rings. The van der Waals surface area contributed by atoms with Gasteiger partial charge in [-0.3, -0.25) is 4.79 Å². The molecule has 0 rings (SSSR count). The Kier molecular flexibility index (Phi) is 7.33. The van der Waals surface area contributed by atoms with E-state index in [1.165, 1.54) is 0 Å². The number of hydrogen-bond acceptors (Lipinski definition) is 4. The van der Waals surface area contributed by atoms with Gasteiger partial charge in [-0.25, -0.2) is 13.1 Å². The maximum atomic E-state index is 11.6. The van der Waals surface area contributed by atoms with E-state index in [0.29, 0.717) is 13.0 Å². The molecule has 2 atom stereocenters. The summed E-state index contributed by atoms with van der Waals surface area (Å²) in [6, 6.07) is -1.08. The van der Waals surface area contributed by atoms with Gasteiger partial charge in [-0.2, -0.15) is 0 Å². The molecule has 0 saturated carbocycles. The molecule has 0 aliphatic heterocycles. The summed E-state index contributed by atoms with van der Waals surface area (Å²) < 4.78 is 30.3. The molecule has 1 unspecified atom stereocenters. The number of ether oxygens (including phenoxy) is 1. The third-order valence-corrected chi connectivity index (χ3v) is 3.80. The van der Waals surface area contributed by atoms with Crippen LogP contribution in [-0.4, -0.2) is 44.5 Å². The quantitative estimate of drug-likeness (QED) is 0.591. The van der Waals surface area contributed by atoms with Crippen molar-refractivity contribution >= 4 is 16.0 Å². The van der Waals surface area contributed by atoms with Crippen LogP contribution in [0.15, 0.2) is 0 Å². The van der Waals surface area contributed by atoms with E-state index in [4.69, 9.17) is 9.84 Å². The van der Waals surface area contributed by atoms with Gasteiger partial charge in [-0.1, -0.05) is 20.3 Å². The molecule has 0 fully saturated rings. The van der Waals surface area contributed by atoms with Gasteiger partial charge in [-0.15, -0.1) is 0 Å². The zero-order valence-electron chi connectivity index (χ0n) is 10.5. The Balaban J connectivity index is 4.48. The van der Waals surface area contributed by atoms with Crippen LogP contribution in [0.1, 0.15) is 27.2 Å². The number of carbonyl (C=O) groups is 1. The molecule has 0 bridgehead atoms. The summed E-state index contributed by atoms with van der Waals surface area (Å²) in [6.07, 6.45) is 0.588. The summed E-state index contributed by atoms with van der Waals surface area (Å²) >= 11 is 0. The van der Waals surface area contributed by atoms with Crippen LogP contribution < -0.4 is 4.72 Å². The van der Waals surface area contributed by atoms with Gasteiger partial charge in [0, 0.05) is 6.61 Å². The summed E-state index contributed by atoms with van der Waals surface area (Å²) in [5.74, 6) is -1.63. The molecule has 0 aliphatic carbocycles. The first-order valence-corrected chi connectivity index (χ1v) is 7.29. The Morgan fingerprint density at radius 3 is 2.41 bits per heavy atom. The smallest absolute Gasteiger partial charge is 0.322 e. The molecular formula is C10H21NO5S. The summed E-state index contributed by atoms with van der Waals surface area (Å²) in [7, 11) is -3.61. The van der Waals surface area contributed by atoms with Crippen LogP contribution >= 0.6 is 0 Å². The Morgan fingerprint density at radius 2 is 2.00 bits per heavy atom. The van der Waals surface area contributed by atoms with E-state index in [9.17, 15) is 13.2 Å². The highest BCUT2D eigenvalue weighted by atomic mass is 32.2. The first kappa shape index (κ1) is 16.3. The zero-order valence-corrected chi connectivity index (χ0v) is 11.3. The number of rotatable bonds is 9. The predicted molar refractivity (Wildman–Crippen MR) is 64.3 cm³/mol. The van der Waals surface area contributed by atoms with Crippen molar-refractivity contribution in [3.8, 4) is 0 Å². The Hall–Kier alpha value is -0.660. The molecule has 0 saturated heterocycles. The molecule has 7 heteroatoms. The number of carboxylic acid groups (broad SMARTS) is 1. The van der Waals surface area contributed by atoms with Crippen LogP contribution in [0.4, 0.5) is 0 Å². The molecule has 0 aromatic heterocycles. The minimum absolute atomic E-state index is 0.0681. The molecule has 17 heavy (non-hydrogen) atoms. The fourth-order valence-electron chi connectivity index (χ4n) is 1.21.